The van der Waals surface area contributed by atoms with Crippen LogP contribution in [0.3, 0.4) is 0 Å². The van der Waals surface area contributed by atoms with Gasteiger partial charge in [0.1, 0.15) is 27.9 Å². The Balaban J connectivity index is 0.000000195. The minimum absolute atomic E-state index is 0.161. The number of nitriles is 2. The lowest BCUT2D eigenvalue weighted by molar-refractivity contribution is -0.102. The van der Waals surface area contributed by atoms with Gasteiger partial charge in [-0.15, -0.1) is 0 Å². The zero-order valence-corrected chi connectivity index (χ0v) is 47.8. The summed E-state index contributed by atoms with van der Waals surface area (Å²) in [6.45, 7) is 20.2. The van der Waals surface area contributed by atoms with Crippen molar-refractivity contribution in [2.24, 2.45) is 0 Å². The van der Waals surface area contributed by atoms with Gasteiger partial charge in [-0.3, -0.25) is 4.98 Å². The number of halogens is 1. The predicted molar refractivity (Wildman–Crippen MR) is 304 cm³/mol. The van der Waals surface area contributed by atoms with Gasteiger partial charge in [0, 0.05) is 56.7 Å². The quantitative estimate of drug-likeness (QED) is 0.0872. The average Bonchev–Trinajstić information content (AvgIpc) is 3.77. The van der Waals surface area contributed by atoms with E-state index in [9.17, 15) is 19.8 Å². The number of nitrogens with zero attached hydrogens (tertiary/aromatic N) is 6. The Morgan fingerprint density at radius 2 is 1.03 bits per heavy atom. The van der Waals surface area contributed by atoms with Crippen LogP contribution in [-0.4, -0.2) is 84.8 Å². The van der Waals surface area contributed by atoms with Gasteiger partial charge in [0.2, 0.25) is 0 Å². The maximum Gasteiger partial charge on any atom is 0.494 e. The van der Waals surface area contributed by atoms with E-state index in [4.69, 9.17) is 29.3 Å². The van der Waals surface area contributed by atoms with Crippen molar-refractivity contribution in [1.82, 2.24) is 19.8 Å². The molecule has 3 aliphatic heterocycles. The Bertz CT molecular complexity index is 3050. The molecule has 4 atom stereocenters. The Hall–Kier alpha value is -6.92. The zero-order valence-electron chi connectivity index (χ0n) is 46.2. The van der Waals surface area contributed by atoms with Gasteiger partial charge in [-0.1, -0.05) is 109 Å². The lowest BCUT2D eigenvalue weighted by atomic mass is 9.78. The van der Waals surface area contributed by atoms with Crippen molar-refractivity contribution in [2.75, 3.05) is 13.1 Å². The summed E-state index contributed by atoms with van der Waals surface area (Å²) in [5.41, 5.74) is 3.13. The number of hydrogen-bond donors (Lipinski definition) is 2. The first-order valence-corrected chi connectivity index (χ1v) is 27.0. The van der Waals surface area contributed by atoms with Crippen LogP contribution >= 0.6 is 15.9 Å². The molecule has 0 aliphatic carbocycles. The second-order valence-electron chi connectivity index (χ2n) is 22.6. The van der Waals surface area contributed by atoms with E-state index in [2.05, 4.69) is 32.0 Å². The maximum atomic E-state index is 13.3. The largest absolute Gasteiger partial charge is 0.494 e. The maximum absolute atomic E-state index is 13.3. The highest BCUT2D eigenvalue weighted by molar-refractivity contribution is 9.10. The van der Waals surface area contributed by atoms with Crippen molar-refractivity contribution in [1.29, 1.82) is 10.5 Å². The number of aliphatic hydroxyl groups is 2. The molecule has 78 heavy (non-hydrogen) atoms. The summed E-state index contributed by atoms with van der Waals surface area (Å²) in [6, 6.07) is 46.1. The first-order chi connectivity index (χ1) is 36.8. The molecule has 3 fully saturated rings. The molecule has 16 heteroatoms. The van der Waals surface area contributed by atoms with E-state index in [0.29, 0.717) is 49.9 Å². The van der Waals surface area contributed by atoms with Gasteiger partial charge in [-0.25, -0.2) is 14.6 Å². The van der Waals surface area contributed by atoms with E-state index < -0.39 is 40.7 Å². The summed E-state index contributed by atoms with van der Waals surface area (Å²) in [7, 11) is -0.419. The number of pyridine rings is 2. The second-order valence-corrected chi connectivity index (χ2v) is 23.4. The first-order valence-electron chi connectivity index (χ1n) is 26.3. The van der Waals surface area contributed by atoms with Gasteiger partial charge < -0.3 is 38.8 Å². The van der Waals surface area contributed by atoms with Crippen LogP contribution in [0.5, 0.6) is 0 Å². The van der Waals surface area contributed by atoms with Crippen molar-refractivity contribution in [2.45, 2.75) is 141 Å². The third-order valence-electron chi connectivity index (χ3n) is 14.9. The van der Waals surface area contributed by atoms with Crippen molar-refractivity contribution in [3.05, 3.63) is 184 Å². The van der Waals surface area contributed by atoms with Gasteiger partial charge in [0.15, 0.2) is 0 Å². The molecule has 2 amide bonds. The van der Waals surface area contributed by atoms with E-state index in [-0.39, 0.29) is 24.3 Å². The molecule has 4 aromatic carbocycles. The Kier molecular flexibility index (Phi) is 18.1. The molecule has 6 aromatic rings. The van der Waals surface area contributed by atoms with Crippen molar-refractivity contribution >= 4 is 40.7 Å². The number of cyclic esters (lactones) is 2. The summed E-state index contributed by atoms with van der Waals surface area (Å²) >= 11 is 3.15. The Labute approximate surface area is 468 Å². The summed E-state index contributed by atoms with van der Waals surface area (Å²) in [6.07, 6.45) is 4.17. The number of hydrogen-bond acceptors (Lipinski definition) is 12. The van der Waals surface area contributed by atoms with Gasteiger partial charge in [-0.2, -0.15) is 10.5 Å². The molecule has 3 saturated heterocycles. The molecule has 5 heterocycles. The summed E-state index contributed by atoms with van der Waals surface area (Å²) in [5, 5.41) is 38.4. The molecule has 2 aromatic heterocycles. The lowest BCUT2D eigenvalue weighted by Gasteiger charge is -2.45. The summed E-state index contributed by atoms with van der Waals surface area (Å²) in [5.74, 6) is 0. The molecule has 0 unspecified atom stereocenters. The topological polar surface area (TPSA) is 191 Å². The van der Waals surface area contributed by atoms with E-state index in [1.807, 2.05) is 163 Å². The number of aromatic nitrogens is 2. The van der Waals surface area contributed by atoms with Crippen LogP contribution in [0.2, 0.25) is 0 Å². The second kappa shape index (κ2) is 24.0. The molecule has 0 radical (unpaired) electrons. The molecular formula is C62H70BBrN6O8. The van der Waals surface area contributed by atoms with Gasteiger partial charge in [0.25, 0.3) is 0 Å². The van der Waals surface area contributed by atoms with E-state index in [0.717, 1.165) is 43.6 Å². The number of carbonyl (C=O) groups is 2. The first kappa shape index (κ1) is 58.8. The predicted octanol–water partition coefficient (Wildman–Crippen LogP) is 12.2. The molecule has 0 spiro atoms. The molecule has 14 nitrogen and oxygen atoms in total. The average molecular weight is 1120 g/mol. The fraction of sp³-hybridized carbons (Fsp3) is 0.387. The number of carbonyl (C=O) groups excluding carboxylic acids is 2. The number of ether oxygens (including phenoxy) is 2. The number of amides is 2. The fourth-order valence-electron chi connectivity index (χ4n) is 10.1. The van der Waals surface area contributed by atoms with Gasteiger partial charge in [0.05, 0.1) is 51.3 Å². The SMILES string of the molecule is C[C@@H](c1ccc(-c2ccc(C#N)cn2)cc1)N1CC[C@](CC(C)(C)O)(c2ccccc2)OC1=O.C[C@@H](c1ccc(B2OC(C)(C)C(C)(C)O2)cc1)N1CC[C@](CC(C)(C)O)(c2ccccc2)OC1=O.N#Cc1ccc(Br)nc1. The van der Waals surface area contributed by atoms with Crippen LogP contribution in [0.1, 0.15) is 140 Å². The van der Waals surface area contributed by atoms with E-state index >= 15 is 0 Å². The molecule has 0 saturated carbocycles. The third kappa shape index (κ3) is 14.2. The van der Waals surface area contributed by atoms with Crippen LogP contribution in [0.25, 0.3) is 11.3 Å². The fourth-order valence-corrected chi connectivity index (χ4v) is 10.3. The molecule has 2 N–H and O–H groups in total. The van der Waals surface area contributed by atoms with Crippen molar-refractivity contribution in [3.8, 4) is 23.4 Å². The molecule has 0 bridgehead atoms. The molecule has 3 aliphatic rings. The Morgan fingerprint density at radius 1 is 0.615 bits per heavy atom. The minimum Gasteiger partial charge on any atom is -0.438 e. The van der Waals surface area contributed by atoms with Crippen LogP contribution in [0, 0.1) is 22.7 Å². The van der Waals surface area contributed by atoms with E-state index in [1.54, 1.807) is 61.9 Å². The highest BCUT2D eigenvalue weighted by atomic mass is 79.9. The van der Waals surface area contributed by atoms with Crippen molar-refractivity contribution < 1.29 is 38.6 Å². The minimum atomic E-state index is -0.987. The van der Waals surface area contributed by atoms with Crippen LogP contribution in [0.4, 0.5) is 9.59 Å². The molecule has 406 valence electrons. The monoisotopic (exact) mass is 1120 g/mol. The number of rotatable bonds is 12. The summed E-state index contributed by atoms with van der Waals surface area (Å²) in [4.78, 5) is 38.2. The third-order valence-corrected chi connectivity index (χ3v) is 15.4. The zero-order chi connectivity index (χ0) is 56.7. The van der Waals surface area contributed by atoms with Crippen LogP contribution in [0.15, 0.2) is 150 Å². The molecular weight excluding hydrogens is 1050 g/mol. The highest BCUT2D eigenvalue weighted by Crippen LogP contribution is 2.44. The Morgan fingerprint density at radius 3 is 1.38 bits per heavy atom. The molecule has 9 rings (SSSR count). The smallest absolute Gasteiger partial charge is 0.438 e. The summed E-state index contributed by atoms with van der Waals surface area (Å²) < 4.78 is 25.3. The normalized spacial score (nSPS) is 20.5. The van der Waals surface area contributed by atoms with Crippen LogP contribution < -0.4 is 5.46 Å². The highest BCUT2D eigenvalue weighted by Gasteiger charge is 2.52. The van der Waals surface area contributed by atoms with Gasteiger partial charge in [-0.05, 0) is 137 Å². The lowest BCUT2D eigenvalue weighted by Crippen LogP contribution is -2.51. The standard InChI is InChI=1S/C28H38BNO5.C28H29N3O3.C6H3BrN2/c1-20(21-13-15-23(16-14-21)29-34-26(4,5)27(6,7)35-29)30-18-17-28(33-24(30)31,19-25(2,3)32)22-11-9-8-10-12-22;1-20(22-10-12-23(13-11-22)25-14-9-21(17-29)18-30-25)31-16-15-28(34-26(31)32,19-27(2,3)33)24-7-5-4-6-8-24;7-6-2-1-5(3-8)4-9-6/h8-16,20,32H,17-19H2,1-7H3;4-14,18,20,33H,15-16,19H2,1-3H3;1-2,4H/t2*20-,28-;/m00./s1. The van der Waals surface area contributed by atoms with Crippen LogP contribution in [-0.2, 0) is 30.0 Å². The van der Waals surface area contributed by atoms with Gasteiger partial charge >= 0.3 is 19.3 Å². The van der Waals surface area contributed by atoms with Crippen molar-refractivity contribution in [3.63, 3.8) is 0 Å². The number of benzene rings is 4. The van der Waals surface area contributed by atoms with E-state index in [1.165, 1.54) is 6.20 Å².